The van der Waals surface area contributed by atoms with Crippen molar-refractivity contribution in [3.8, 4) is 0 Å². The quantitative estimate of drug-likeness (QED) is 0.148. The number of aliphatic hydroxyl groups excluding tert-OH is 4. The van der Waals surface area contributed by atoms with Crippen molar-refractivity contribution in [2.75, 3.05) is 6.61 Å². The van der Waals surface area contributed by atoms with E-state index in [4.69, 9.17) is 20.4 Å². The molecule has 0 aliphatic heterocycles. The Hall–Kier alpha value is -0.730. The maximum atomic E-state index is 10.5. The average Bonchev–Trinajstić information content (AvgIpc) is 2.12. The van der Waals surface area contributed by atoms with Crippen LogP contribution in [0.25, 0.3) is 0 Å². The molecule has 0 saturated carbocycles. The van der Waals surface area contributed by atoms with E-state index in [2.05, 4.69) is 5.84 Å². The first-order valence-electron chi connectivity index (χ1n) is 3.20. The molecule has 0 aliphatic carbocycles. The lowest BCUT2D eigenvalue weighted by Crippen LogP contribution is -2.50. The third-order valence-electron chi connectivity index (χ3n) is 1.32. The van der Waals surface area contributed by atoms with Gasteiger partial charge in [0.1, 0.15) is 12.2 Å². The van der Waals surface area contributed by atoms with Crippen molar-refractivity contribution in [2.45, 2.75) is 18.3 Å². The van der Waals surface area contributed by atoms with Gasteiger partial charge < -0.3 is 20.4 Å². The normalized spacial score (nSPS) is 18.1. The molecule has 0 fully saturated rings. The fourth-order valence-electron chi connectivity index (χ4n) is 0.559. The SMILES string of the molecule is NNC(=O)[C@@H](O)[C@H](O)[C@@H](O)CO. The zero-order valence-corrected chi connectivity index (χ0v) is 6.21. The van der Waals surface area contributed by atoms with Crippen LogP contribution in [0.2, 0.25) is 0 Å². The Morgan fingerprint density at radius 2 is 1.92 bits per heavy atom. The monoisotopic (exact) mass is 180 g/mol. The minimum atomic E-state index is -1.85. The minimum Gasteiger partial charge on any atom is -0.394 e. The highest BCUT2D eigenvalue weighted by atomic mass is 16.4. The van der Waals surface area contributed by atoms with Gasteiger partial charge in [0, 0.05) is 0 Å². The molecule has 0 aromatic rings. The number of aliphatic hydroxyl groups is 4. The van der Waals surface area contributed by atoms with Crippen LogP contribution in [0, 0.1) is 0 Å². The summed E-state index contributed by atoms with van der Waals surface area (Å²) in [5, 5.41) is 34.9. The van der Waals surface area contributed by atoms with Gasteiger partial charge >= 0.3 is 0 Å². The second-order valence-corrected chi connectivity index (χ2v) is 2.19. The Morgan fingerprint density at radius 1 is 1.42 bits per heavy atom. The molecule has 0 aliphatic rings. The van der Waals surface area contributed by atoms with Crippen LogP contribution in [0.5, 0.6) is 0 Å². The highest BCUT2D eigenvalue weighted by molar-refractivity contribution is 5.80. The molecule has 7 N–H and O–H groups in total. The largest absolute Gasteiger partial charge is 0.394 e. The summed E-state index contributed by atoms with van der Waals surface area (Å²) in [6.07, 6.45) is -5.17. The van der Waals surface area contributed by atoms with Gasteiger partial charge in [0.15, 0.2) is 6.10 Å². The molecule has 0 aromatic carbocycles. The highest BCUT2D eigenvalue weighted by Gasteiger charge is 2.29. The van der Waals surface area contributed by atoms with Gasteiger partial charge in [0.2, 0.25) is 0 Å². The molecule has 12 heavy (non-hydrogen) atoms. The highest BCUT2D eigenvalue weighted by Crippen LogP contribution is 1.99. The average molecular weight is 180 g/mol. The Morgan fingerprint density at radius 3 is 2.25 bits per heavy atom. The number of nitrogens with two attached hydrogens (primary N) is 1. The summed E-state index contributed by atoms with van der Waals surface area (Å²) in [4.78, 5) is 10.5. The minimum absolute atomic E-state index is 0.754. The molecular formula is C5H12N2O5. The van der Waals surface area contributed by atoms with Crippen molar-refractivity contribution in [3.05, 3.63) is 0 Å². The number of carbonyl (C=O) groups excluding carboxylic acids is 1. The first-order valence-corrected chi connectivity index (χ1v) is 3.20. The van der Waals surface area contributed by atoms with Gasteiger partial charge in [0.05, 0.1) is 6.61 Å². The molecule has 0 unspecified atom stereocenters. The zero-order chi connectivity index (χ0) is 9.72. The standard InChI is InChI=1S/C5H12N2O5/c6-7-5(12)4(11)3(10)2(9)1-8/h2-4,8-11H,1,6H2,(H,7,12)/t2-,3+,4-/m0/s1. The van der Waals surface area contributed by atoms with E-state index in [-0.39, 0.29) is 0 Å². The molecule has 0 bridgehead atoms. The number of nitrogens with one attached hydrogen (secondary N) is 1. The van der Waals surface area contributed by atoms with Gasteiger partial charge in [-0.05, 0) is 0 Å². The van der Waals surface area contributed by atoms with E-state index in [9.17, 15) is 4.79 Å². The van der Waals surface area contributed by atoms with Crippen LogP contribution >= 0.6 is 0 Å². The van der Waals surface area contributed by atoms with Gasteiger partial charge in [-0.25, -0.2) is 5.84 Å². The summed E-state index contributed by atoms with van der Waals surface area (Å²) in [7, 11) is 0. The molecule has 0 heterocycles. The third kappa shape index (κ3) is 2.72. The number of carbonyl (C=O) groups is 1. The van der Waals surface area contributed by atoms with Crippen molar-refractivity contribution in [1.82, 2.24) is 5.43 Å². The van der Waals surface area contributed by atoms with Crippen LogP contribution in [0.1, 0.15) is 0 Å². The fourth-order valence-corrected chi connectivity index (χ4v) is 0.559. The lowest BCUT2D eigenvalue weighted by atomic mass is 10.1. The second-order valence-electron chi connectivity index (χ2n) is 2.19. The Kier molecular flexibility index (Phi) is 4.71. The van der Waals surface area contributed by atoms with Crippen LogP contribution in [-0.2, 0) is 4.79 Å². The molecule has 0 rings (SSSR count). The van der Waals surface area contributed by atoms with Crippen molar-refractivity contribution >= 4 is 5.91 Å². The van der Waals surface area contributed by atoms with E-state index >= 15 is 0 Å². The van der Waals surface area contributed by atoms with Crippen molar-refractivity contribution in [3.63, 3.8) is 0 Å². The summed E-state index contributed by atoms with van der Waals surface area (Å²) in [6.45, 7) is -0.754. The first-order chi connectivity index (χ1) is 5.54. The predicted octanol–water partition coefficient (Wildman–Crippen LogP) is -3.95. The maximum Gasteiger partial charge on any atom is 0.265 e. The van der Waals surface area contributed by atoms with E-state index in [0.717, 1.165) is 0 Å². The molecule has 0 aromatic heterocycles. The maximum absolute atomic E-state index is 10.5. The molecule has 7 nitrogen and oxygen atoms in total. The van der Waals surface area contributed by atoms with E-state index in [1.165, 1.54) is 0 Å². The fraction of sp³-hybridized carbons (Fsp3) is 0.800. The molecule has 3 atom stereocenters. The summed E-state index contributed by atoms with van der Waals surface area (Å²) in [5.41, 5.74) is 1.58. The number of hydrogen-bond acceptors (Lipinski definition) is 6. The van der Waals surface area contributed by atoms with Crippen LogP contribution in [0.4, 0.5) is 0 Å². The third-order valence-corrected chi connectivity index (χ3v) is 1.32. The van der Waals surface area contributed by atoms with Gasteiger partial charge in [-0.3, -0.25) is 10.2 Å². The Labute approximate surface area is 68.4 Å². The number of hydrazine groups is 1. The topological polar surface area (TPSA) is 136 Å². The van der Waals surface area contributed by atoms with Gasteiger partial charge in [-0.2, -0.15) is 0 Å². The van der Waals surface area contributed by atoms with Gasteiger partial charge in [-0.1, -0.05) is 0 Å². The van der Waals surface area contributed by atoms with Gasteiger partial charge in [0.25, 0.3) is 5.91 Å². The summed E-state index contributed by atoms with van der Waals surface area (Å²) >= 11 is 0. The van der Waals surface area contributed by atoms with E-state index in [1.54, 1.807) is 5.43 Å². The van der Waals surface area contributed by atoms with E-state index < -0.39 is 30.8 Å². The van der Waals surface area contributed by atoms with E-state index in [0.29, 0.717) is 0 Å². The summed E-state index contributed by atoms with van der Waals surface area (Å²) in [5.74, 6) is 3.61. The number of hydrogen-bond donors (Lipinski definition) is 6. The van der Waals surface area contributed by atoms with Crippen LogP contribution in [-0.4, -0.2) is 51.3 Å². The van der Waals surface area contributed by atoms with Crippen molar-refractivity contribution in [2.24, 2.45) is 5.84 Å². The molecular weight excluding hydrogens is 168 g/mol. The van der Waals surface area contributed by atoms with Crippen LogP contribution in [0.15, 0.2) is 0 Å². The first kappa shape index (κ1) is 11.3. The Balaban J connectivity index is 4.08. The number of rotatable bonds is 4. The predicted molar refractivity (Wildman–Crippen MR) is 37.4 cm³/mol. The second kappa shape index (κ2) is 5.01. The van der Waals surface area contributed by atoms with Crippen LogP contribution < -0.4 is 11.3 Å². The molecule has 72 valence electrons. The van der Waals surface area contributed by atoms with Crippen molar-refractivity contribution < 1.29 is 25.2 Å². The summed E-state index contributed by atoms with van der Waals surface area (Å²) < 4.78 is 0. The molecule has 0 spiro atoms. The van der Waals surface area contributed by atoms with E-state index in [1.807, 2.05) is 0 Å². The van der Waals surface area contributed by atoms with Crippen molar-refractivity contribution in [1.29, 1.82) is 0 Å². The molecule has 1 amide bonds. The molecule has 7 heteroatoms. The molecule has 0 radical (unpaired) electrons. The molecule has 0 saturated heterocycles. The lowest BCUT2D eigenvalue weighted by Gasteiger charge is -2.19. The summed E-state index contributed by atoms with van der Waals surface area (Å²) in [6, 6.07) is 0. The smallest absolute Gasteiger partial charge is 0.265 e. The van der Waals surface area contributed by atoms with Gasteiger partial charge in [-0.15, -0.1) is 0 Å². The Bertz CT molecular complexity index is 153. The van der Waals surface area contributed by atoms with Crippen LogP contribution in [0.3, 0.4) is 0 Å². The lowest BCUT2D eigenvalue weighted by molar-refractivity contribution is -0.142. The zero-order valence-electron chi connectivity index (χ0n) is 6.21. The number of amides is 1.